The van der Waals surface area contributed by atoms with Gasteiger partial charge in [-0.05, 0) is 36.8 Å². The van der Waals surface area contributed by atoms with E-state index < -0.39 is 17.7 Å². The summed E-state index contributed by atoms with van der Waals surface area (Å²) in [4.78, 5) is 31.1. The summed E-state index contributed by atoms with van der Waals surface area (Å²) in [5, 5.41) is 22.8. The largest absolute Gasteiger partial charge is 0.497 e. The number of amides is 3. The van der Waals surface area contributed by atoms with Crippen molar-refractivity contribution in [3.05, 3.63) is 59.7 Å². The number of hydrogen-bond acceptors (Lipinski definition) is 7. The van der Waals surface area contributed by atoms with Crippen LogP contribution in [-0.4, -0.2) is 79.3 Å². The lowest BCUT2D eigenvalue weighted by molar-refractivity contribution is -0.132. The van der Waals surface area contributed by atoms with E-state index in [0.717, 1.165) is 23.7 Å². The van der Waals surface area contributed by atoms with E-state index in [2.05, 4.69) is 21.2 Å². The Bertz CT molecular complexity index is 1090. The number of anilines is 1. The van der Waals surface area contributed by atoms with Crippen LogP contribution in [0.2, 0.25) is 0 Å². The van der Waals surface area contributed by atoms with Gasteiger partial charge in [-0.1, -0.05) is 24.3 Å². The Morgan fingerprint density at radius 3 is 2.41 bits per heavy atom. The molecule has 2 aliphatic heterocycles. The van der Waals surface area contributed by atoms with Crippen LogP contribution in [0.5, 0.6) is 5.75 Å². The highest BCUT2D eigenvalue weighted by Crippen LogP contribution is 2.30. The normalized spacial score (nSPS) is 21.8. The Balaban J connectivity index is 1.33. The van der Waals surface area contributed by atoms with Crippen LogP contribution in [0.3, 0.4) is 0 Å². The van der Waals surface area contributed by atoms with Crippen LogP contribution in [0.15, 0.2) is 48.5 Å². The fourth-order valence-corrected chi connectivity index (χ4v) is 4.56. The van der Waals surface area contributed by atoms with Crippen molar-refractivity contribution in [1.82, 2.24) is 15.1 Å². The van der Waals surface area contributed by atoms with E-state index in [1.165, 1.54) is 0 Å². The maximum Gasteiger partial charge on any atom is 0.325 e. The van der Waals surface area contributed by atoms with Gasteiger partial charge in [0.25, 0.3) is 5.91 Å². The molecule has 3 amide bonds. The number of methoxy groups -OCH3 is 1. The Morgan fingerprint density at radius 2 is 1.76 bits per heavy atom. The molecule has 0 aromatic heterocycles. The zero-order chi connectivity index (χ0) is 24.3. The molecule has 0 spiro atoms. The summed E-state index contributed by atoms with van der Waals surface area (Å²) in [7, 11) is 1.56. The lowest BCUT2D eigenvalue weighted by atomic mass is 9.92. The van der Waals surface area contributed by atoms with E-state index in [9.17, 15) is 20.0 Å². The number of rotatable bonds is 7. The number of imide groups is 1. The summed E-state index contributed by atoms with van der Waals surface area (Å²) in [6, 6.07) is 16.2. The van der Waals surface area contributed by atoms with E-state index in [1.54, 1.807) is 38.3 Å². The van der Waals surface area contributed by atoms with Gasteiger partial charge in [0.1, 0.15) is 17.4 Å². The number of carbonyl (C=O) groups excluding carboxylic acids is 2. The molecule has 2 saturated heterocycles. The predicted molar refractivity (Wildman–Crippen MR) is 126 cm³/mol. The highest BCUT2D eigenvalue weighted by atomic mass is 16.5. The Hall–Kier alpha value is -3.61. The summed E-state index contributed by atoms with van der Waals surface area (Å²) in [6.45, 7) is 4.81. The summed E-state index contributed by atoms with van der Waals surface area (Å²) in [5.41, 5.74) is 1.03. The predicted octanol–water partition coefficient (Wildman–Crippen LogP) is 1.52. The monoisotopic (exact) mass is 463 g/mol. The number of nitrogens with one attached hydrogen (secondary N) is 1. The van der Waals surface area contributed by atoms with E-state index in [0.29, 0.717) is 36.5 Å². The summed E-state index contributed by atoms with van der Waals surface area (Å²) >= 11 is 0. The van der Waals surface area contributed by atoms with Crippen molar-refractivity contribution in [3.63, 3.8) is 0 Å². The van der Waals surface area contributed by atoms with Gasteiger partial charge in [0.15, 0.2) is 0 Å². The fraction of sp³-hybridized carbons (Fsp3) is 0.400. The molecule has 2 N–H and O–H groups in total. The molecule has 0 radical (unpaired) electrons. The standard InChI is InChI=1S/C25H29N5O4/c1-25(19-7-9-21(34-2)10-8-19)23(32)30(24(33)27-25)17-20(31)16-28-11-13-29(14-12-28)22-6-4-3-5-18(22)15-26/h3-10,20,31H,11-14,16-17H2,1-2H3,(H,27,33). The first-order chi connectivity index (χ1) is 16.4. The molecule has 2 aliphatic rings. The van der Waals surface area contributed by atoms with E-state index >= 15 is 0 Å². The molecule has 0 saturated carbocycles. The number of hydrogen-bond donors (Lipinski definition) is 2. The molecule has 2 aromatic carbocycles. The second kappa shape index (κ2) is 9.71. The number of carbonyl (C=O) groups is 2. The van der Waals surface area contributed by atoms with Crippen molar-refractivity contribution < 1.29 is 19.4 Å². The van der Waals surface area contributed by atoms with Gasteiger partial charge in [0, 0.05) is 32.7 Å². The van der Waals surface area contributed by atoms with Crippen LogP contribution in [0.4, 0.5) is 10.5 Å². The Morgan fingerprint density at radius 1 is 1.09 bits per heavy atom. The number of nitrogens with zero attached hydrogens (tertiary/aromatic N) is 4. The molecule has 2 unspecified atom stereocenters. The van der Waals surface area contributed by atoms with E-state index in [1.807, 2.05) is 24.3 Å². The van der Waals surface area contributed by atoms with Crippen molar-refractivity contribution in [3.8, 4) is 11.8 Å². The number of para-hydroxylation sites is 1. The lowest BCUT2D eigenvalue weighted by Gasteiger charge is -2.37. The van der Waals surface area contributed by atoms with Crippen molar-refractivity contribution in [1.29, 1.82) is 5.26 Å². The molecule has 2 aromatic rings. The summed E-state index contributed by atoms with van der Waals surface area (Å²) in [5.74, 6) is 0.271. The van der Waals surface area contributed by atoms with Crippen LogP contribution in [0, 0.1) is 11.3 Å². The number of urea groups is 1. The SMILES string of the molecule is COc1ccc(C2(C)NC(=O)N(CC(O)CN3CCN(c4ccccc4C#N)CC3)C2=O)cc1. The summed E-state index contributed by atoms with van der Waals surface area (Å²) in [6.07, 6.45) is -0.870. The molecule has 34 heavy (non-hydrogen) atoms. The molecule has 2 fully saturated rings. The minimum Gasteiger partial charge on any atom is -0.497 e. The molecule has 0 bridgehead atoms. The summed E-state index contributed by atoms with van der Waals surface area (Å²) < 4.78 is 5.16. The van der Waals surface area contributed by atoms with Gasteiger partial charge in [-0.25, -0.2) is 4.79 Å². The molecule has 9 nitrogen and oxygen atoms in total. The van der Waals surface area contributed by atoms with Gasteiger partial charge in [0.05, 0.1) is 31.0 Å². The number of aliphatic hydroxyl groups is 1. The number of ether oxygens (including phenoxy) is 1. The van der Waals surface area contributed by atoms with Crippen molar-refractivity contribution in [2.75, 3.05) is 51.3 Å². The van der Waals surface area contributed by atoms with Crippen LogP contribution in [0.1, 0.15) is 18.1 Å². The van der Waals surface area contributed by atoms with Crippen LogP contribution in [-0.2, 0) is 10.3 Å². The minimum absolute atomic E-state index is 0.0755. The smallest absolute Gasteiger partial charge is 0.325 e. The quantitative estimate of drug-likeness (QED) is 0.599. The Kier molecular flexibility index (Phi) is 6.72. The zero-order valence-corrected chi connectivity index (χ0v) is 19.4. The first-order valence-electron chi connectivity index (χ1n) is 11.3. The van der Waals surface area contributed by atoms with E-state index in [4.69, 9.17) is 4.74 Å². The highest BCUT2D eigenvalue weighted by Gasteiger charge is 2.49. The number of β-amino-alcohol motifs (C(OH)–C–C–N with tert-alkyl or cyclic N) is 1. The highest BCUT2D eigenvalue weighted by molar-refractivity contribution is 6.07. The van der Waals surface area contributed by atoms with Gasteiger partial charge in [-0.2, -0.15) is 5.26 Å². The number of aliphatic hydroxyl groups excluding tert-OH is 1. The van der Waals surface area contributed by atoms with Crippen LogP contribution < -0.4 is 15.0 Å². The molecule has 4 rings (SSSR count). The molecule has 2 heterocycles. The number of piperazine rings is 1. The first kappa shape index (κ1) is 23.5. The van der Waals surface area contributed by atoms with Gasteiger partial charge in [-0.3, -0.25) is 14.6 Å². The average Bonchev–Trinajstić information content (AvgIpc) is 3.08. The third-order valence-corrected chi connectivity index (χ3v) is 6.54. The third-order valence-electron chi connectivity index (χ3n) is 6.54. The molecule has 9 heteroatoms. The molecule has 0 aliphatic carbocycles. The maximum atomic E-state index is 13.1. The van der Waals surface area contributed by atoms with Crippen LogP contribution >= 0.6 is 0 Å². The van der Waals surface area contributed by atoms with Gasteiger partial charge in [0.2, 0.25) is 0 Å². The van der Waals surface area contributed by atoms with Crippen LogP contribution in [0.25, 0.3) is 0 Å². The molecular formula is C25H29N5O4. The maximum absolute atomic E-state index is 13.1. The van der Waals surface area contributed by atoms with Gasteiger partial charge >= 0.3 is 6.03 Å². The minimum atomic E-state index is -1.19. The topological polar surface area (TPSA) is 109 Å². The zero-order valence-electron chi connectivity index (χ0n) is 19.4. The fourth-order valence-electron chi connectivity index (χ4n) is 4.56. The second-order valence-corrected chi connectivity index (χ2v) is 8.77. The average molecular weight is 464 g/mol. The van der Waals surface area contributed by atoms with Crippen molar-refractivity contribution >= 4 is 17.6 Å². The van der Waals surface area contributed by atoms with Crippen molar-refractivity contribution in [2.45, 2.75) is 18.6 Å². The lowest BCUT2D eigenvalue weighted by Crippen LogP contribution is -2.51. The third kappa shape index (κ3) is 4.55. The first-order valence-corrected chi connectivity index (χ1v) is 11.3. The number of benzene rings is 2. The van der Waals surface area contributed by atoms with Crippen molar-refractivity contribution in [2.24, 2.45) is 0 Å². The Labute approximate surface area is 199 Å². The molecule has 178 valence electrons. The number of nitriles is 1. The van der Waals surface area contributed by atoms with E-state index in [-0.39, 0.29) is 12.5 Å². The van der Waals surface area contributed by atoms with Gasteiger partial charge in [-0.15, -0.1) is 0 Å². The molecular weight excluding hydrogens is 434 g/mol. The van der Waals surface area contributed by atoms with Gasteiger partial charge < -0.3 is 20.1 Å². The molecule has 2 atom stereocenters. The second-order valence-electron chi connectivity index (χ2n) is 8.77.